The van der Waals surface area contributed by atoms with Crippen molar-refractivity contribution < 1.29 is 21.6 Å². The van der Waals surface area contributed by atoms with Crippen LogP contribution < -0.4 is 0 Å². The van der Waals surface area contributed by atoms with Crippen LogP contribution >= 0.6 is 0 Å². The molecule has 2 aromatic rings. The van der Waals surface area contributed by atoms with Crippen molar-refractivity contribution in [3.05, 3.63) is 72.3 Å². The summed E-state index contributed by atoms with van der Waals surface area (Å²) in [6, 6.07) is 16.8. The van der Waals surface area contributed by atoms with Crippen LogP contribution in [0.4, 0.5) is 0 Å². The van der Waals surface area contributed by atoms with Crippen LogP contribution in [0, 0.1) is 23.2 Å². The first-order valence-electron chi connectivity index (χ1n) is 11.8. The SMILES string of the molecule is O=S(=O)(c1ccccc1)[C@@H]1[C@H](S(=O)(=O)c2ccccc2)C[C@]23O[C@@]24[C@@H]2C=C([C@H]3C2)C2(CC2)[C@H]14. The number of hydrogen-bond acceptors (Lipinski definition) is 5. The van der Waals surface area contributed by atoms with Gasteiger partial charge in [-0.1, -0.05) is 48.0 Å². The highest BCUT2D eigenvalue weighted by Crippen LogP contribution is 2.89. The lowest BCUT2D eigenvalue weighted by molar-refractivity contribution is 0.111. The lowest BCUT2D eigenvalue weighted by Crippen LogP contribution is -2.65. The number of epoxide rings is 1. The second kappa shape index (κ2) is 5.47. The highest BCUT2D eigenvalue weighted by molar-refractivity contribution is 7.96. The molecule has 1 aliphatic heterocycles. The zero-order valence-corrected chi connectivity index (χ0v) is 19.6. The first kappa shape index (κ1) is 19.4. The lowest BCUT2D eigenvalue weighted by Gasteiger charge is -2.53. The van der Waals surface area contributed by atoms with Crippen LogP contribution in [-0.2, 0) is 24.4 Å². The second-order valence-corrected chi connectivity index (χ2v) is 15.1. The Labute approximate surface area is 193 Å². The third-order valence-corrected chi connectivity index (χ3v) is 14.5. The number of rotatable bonds is 4. The van der Waals surface area contributed by atoms with Crippen LogP contribution in [0.15, 0.2) is 82.1 Å². The first-order chi connectivity index (χ1) is 15.8. The van der Waals surface area contributed by atoms with Crippen LogP contribution in [0.25, 0.3) is 0 Å². The highest BCUT2D eigenvalue weighted by Gasteiger charge is 2.95. The second-order valence-electron chi connectivity index (χ2n) is 10.9. The van der Waals surface area contributed by atoms with E-state index in [2.05, 4.69) is 6.08 Å². The number of hydrogen-bond donors (Lipinski definition) is 0. The molecule has 5 aliphatic carbocycles. The fraction of sp³-hybridized carbons (Fsp3) is 0.462. The molecule has 8 rings (SSSR count). The summed E-state index contributed by atoms with van der Waals surface area (Å²) in [6.45, 7) is 0. The van der Waals surface area contributed by atoms with E-state index in [9.17, 15) is 16.8 Å². The molecular formula is C26H24O5S2. The van der Waals surface area contributed by atoms with E-state index >= 15 is 0 Å². The lowest BCUT2D eigenvalue weighted by atomic mass is 9.52. The molecule has 4 saturated carbocycles. The largest absolute Gasteiger partial charge is 0.361 e. The van der Waals surface area contributed by atoms with Crippen LogP contribution in [-0.4, -0.2) is 38.5 Å². The predicted octanol–water partition coefficient (Wildman–Crippen LogP) is 3.57. The van der Waals surface area contributed by atoms with Gasteiger partial charge in [-0.25, -0.2) is 16.8 Å². The maximum absolute atomic E-state index is 14.3. The van der Waals surface area contributed by atoms with Gasteiger partial charge in [0, 0.05) is 17.8 Å². The third-order valence-electron chi connectivity index (χ3n) is 9.85. The molecule has 5 bridgehead atoms. The minimum Gasteiger partial charge on any atom is -0.361 e. The van der Waals surface area contributed by atoms with Gasteiger partial charge in [0.25, 0.3) is 0 Å². The maximum Gasteiger partial charge on any atom is 0.182 e. The molecule has 0 radical (unpaired) electrons. The average Bonchev–Trinajstić information content (AvgIpc) is 3.70. The molecule has 170 valence electrons. The van der Waals surface area contributed by atoms with Gasteiger partial charge in [0.05, 0.1) is 20.3 Å². The Balaban J connectivity index is 1.39. The minimum absolute atomic E-state index is 0.199. The number of sulfone groups is 2. The Kier molecular flexibility index (Phi) is 3.21. The Morgan fingerprint density at radius 1 is 0.818 bits per heavy atom. The fourth-order valence-electron chi connectivity index (χ4n) is 8.67. The van der Waals surface area contributed by atoms with E-state index in [4.69, 9.17) is 4.74 Å². The average molecular weight is 481 g/mol. The zero-order valence-electron chi connectivity index (χ0n) is 17.9. The summed E-state index contributed by atoms with van der Waals surface area (Å²) in [4.78, 5) is 0.419. The monoisotopic (exact) mass is 480 g/mol. The third kappa shape index (κ3) is 1.92. The minimum atomic E-state index is -3.91. The first-order valence-corrected chi connectivity index (χ1v) is 14.9. The smallest absolute Gasteiger partial charge is 0.182 e. The van der Waals surface area contributed by atoms with Crippen molar-refractivity contribution in [2.75, 3.05) is 0 Å². The van der Waals surface area contributed by atoms with Gasteiger partial charge in [0.15, 0.2) is 19.7 Å². The van der Waals surface area contributed by atoms with Crippen molar-refractivity contribution in [2.45, 2.75) is 57.2 Å². The van der Waals surface area contributed by atoms with Gasteiger partial charge in [-0.05, 0) is 55.4 Å². The van der Waals surface area contributed by atoms with Gasteiger partial charge in [-0.15, -0.1) is 0 Å². The molecule has 6 aliphatic rings. The van der Waals surface area contributed by atoms with E-state index in [0.717, 1.165) is 19.3 Å². The van der Waals surface area contributed by atoms with Crippen molar-refractivity contribution in [1.29, 1.82) is 0 Å². The summed E-state index contributed by atoms with van der Waals surface area (Å²) in [5, 5.41) is -2.02. The van der Waals surface area contributed by atoms with E-state index in [1.165, 1.54) is 5.57 Å². The van der Waals surface area contributed by atoms with E-state index in [1.54, 1.807) is 60.7 Å². The topological polar surface area (TPSA) is 80.8 Å². The molecule has 7 atom stereocenters. The van der Waals surface area contributed by atoms with Crippen molar-refractivity contribution in [3.8, 4) is 0 Å². The Morgan fingerprint density at radius 2 is 1.42 bits per heavy atom. The number of benzene rings is 2. The molecule has 2 aromatic carbocycles. The van der Waals surface area contributed by atoms with Gasteiger partial charge in [0.1, 0.15) is 11.2 Å². The molecule has 1 heterocycles. The van der Waals surface area contributed by atoms with Crippen molar-refractivity contribution >= 4 is 19.7 Å². The van der Waals surface area contributed by atoms with E-state index in [1.807, 2.05) is 0 Å². The molecule has 33 heavy (non-hydrogen) atoms. The molecule has 0 unspecified atom stereocenters. The Bertz CT molecular complexity index is 1460. The van der Waals surface area contributed by atoms with Crippen molar-refractivity contribution in [1.82, 2.24) is 0 Å². The van der Waals surface area contributed by atoms with Crippen molar-refractivity contribution in [3.63, 3.8) is 0 Å². The summed E-state index contributed by atoms with van der Waals surface area (Å²) in [5.41, 5.74) is 0.205. The van der Waals surface area contributed by atoms with Crippen LogP contribution in [0.1, 0.15) is 25.7 Å². The van der Waals surface area contributed by atoms with Crippen LogP contribution in [0.5, 0.6) is 0 Å². The molecule has 5 fully saturated rings. The van der Waals surface area contributed by atoms with Gasteiger partial charge in [-0.2, -0.15) is 0 Å². The molecule has 1 spiro atoms. The van der Waals surface area contributed by atoms with Gasteiger partial charge < -0.3 is 4.74 Å². The van der Waals surface area contributed by atoms with E-state index in [0.29, 0.717) is 0 Å². The molecule has 5 nitrogen and oxygen atoms in total. The summed E-state index contributed by atoms with van der Waals surface area (Å²) >= 11 is 0. The molecule has 0 aromatic heterocycles. The quantitative estimate of drug-likeness (QED) is 0.494. The summed E-state index contributed by atoms with van der Waals surface area (Å²) in [5.74, 6) is 0.189. The van der Waals surface area contributed by atoms with Crippen molar-refractivity contribution in [2.24, 2.45) is 23.2 Å². The van der Waals surface area contributed by atoms with Gasteiger partial charge in [0.2, 0.25) is 0 Å². The number of fused-ring (bicyclic) bond motifs is 3. The maximum atomic E-state index is 14.3. The van der Waals surface area contributed by atoms with Crippen LogP contribution in [0.2, 0.25) is 0 Å². The zero-order chi connectivity index (χ0) is 22.4. The molecule has 7 heteroatoms. The highest BCUT2D eigenvalue weighted by atomic mass is 32.2. The Morgan fingerprint density at radius 3 is 2.03 bits per heavy atom. The normalized spacial score (nSPS) is 42.8. The van der Waals surface area contributed by atoms with Gasteiger partial charge >= 0.3 is 0 Å². The summed E-state index contributed by atoms with van der Waals surface area (Å²) < 4.78 is 63.4. The molecular weight excluding hydrogens is 456 g/mol. The molecule has 1 saturated heterocycles. The summed E-state index contributed by atoms with van der Waals surface area (Å²) in [7, 11) is -7.79. The summed E-state index contributed by atoms with van der Waals surface area (Å²) in [6.07, 6.45) is 5.51. The fourth-order valence-corrected chi connectivity index (χ4v) is 13.6. The molecule has 0 N–H and O–H groups in total. The van der Waals surface area contributed by atoms with E-state index in [-0.39, 0.29) is 39.4 Å². The van der Waals surface area contributed by atoms with E-state index < -0.39 is 41.4 Å². The van der Waals surface area contributed by atoms with Gasteiger partial charge in [-0.3, -0.25) is 0 Å². The Hall–Kier alpha value is -1.96. The predicted molar refractivity (Wildman–Crippen MR) is 121 cm³/mol. The molecule has 0 amide bonds. The standard InChI is InChI=1S/C26H24O5S2/c27-32(28,17-7-3-1-4-8-17)21-15-25-20-14-16-13-19(20)24(11-12-24)23(26(16,25)31-25)22(21)33(29,30)18-9-5-2-6-10-18/h1-10,13,16,20-23H,11-12,14-15H2/t16-,20-,21-,22-,23+,25-,26-/m1/s1. The number of ether oxygens (including phenoxy) is 1. The van der Waals surface area contributed by atoms with Crippen LogP contribution in [0.3, 0.4) is 0 Å².